The summed E-state index contributed by atoms with van der Waals surface area (Å²) in [6, 6.07) is 38.7. The van der Waals surface area contributed by atoms with Gasteiger partial charge in [0.2, 0.25) is 0 Å². The molecule has 1 saturated carbocycles. The van der Waals surface area contributed by atoms with Crippen molar-refractivity contribution in [3.05, 3.63) is 131 Å². The molecule has 0 amide bonds. The normalized spacial score (nSPS) is 19.7. The van der Waals surface area contributed by atoms with Gasteiger partial charge in [-0.15, -0.1) is 0 Å². The molecular weight excluding hydrogens is 396 g/mol. The molecule has 0 aromatic heterocycles. The van der Waals surface area contributed by atoms with Gasteiger partial charge in [0.1, 0.15) is 0 Å². The zero-order valence-electron chi connectivity index (χ0n) is 17.4. The van der Waals surface area contributed by atoms with Crippen LogP contribution in [0.25, 0.3) is 0 Å². The molecule has 1 aliphatic rings. The highest BCUT2D eigenvalue weighted by molar-refractivity contribution is 7.99. The zero-order valence-corrected chi connectivity index (χ0v) is 18.3. The van der Waals surface area contributed by atoms with Crippen molar-refractivity contribution in [2.24, 2.45) is 0 Å². The summed E-state index contributed by atoms with van der Waals surface area (Å²) in [6.45, 7) is 1.60. The standard InChI is InChI=1S/C29H24OS/c1-20(30)21-12-16-25(17-13-21)31-26-18-14-24(15-19-26)29-27(22-8-4-2-5-9-22)28(29)23-10-6-3-7-11-23/h2-19,27-29H,1H3. The number of rotatable bonds is 6. The van der Waals surface area contributed by atoms with Crippen LogP contribution in [0, 0.1) is 0 Å². The molecule has 0 saturated heterocycles. The quantitative estimate of drug-likeness (QED) is 0.297. The monoisotopic (exact) mass is 420 g/mol. The molecule has 0 bridgehead atoms. The molecule has 0 spiro atoms. The maximum Gasteiger partial charge on any atom is 0.159 e. The molecule has 2 unspecified atom stereocenters. The Morgan fingerprint density at radius 2 is 0.935 bits per heavy atom. The Balaban J connectivity index is 1.37. The summed E-state index contributed by atoms with van der Waals surface area (Å²) in [5, 5.41) is 0. The van der Waals surface area contributed by atoms with Crippen LogP contribution in [0.1, 0.15) is 51.7 Å². The lowest BCUT2D eigenvalue weighted by Crippen LogP contribution is -1.90. The van der Waals surface area contributed by atoms with Gasteiger partial charge in [-0.1, -0.05) is 96.7 Å². The van der Waals surface area contributed by atoms with E-state index >= 15 is 0 Å². The Morgan fingerprint density at radius 3 is 1.35 bits per heavy atom. The van der Waals surface area contributed by atoms with Crippen molar-refractivity contribution in [1.82, 2.24) is 0 Å². The number of benzene rings is 4. The van der Waals surface area contributed by atoms with Gasteiger partial charge >= 0.3 is 0 Å². The molecule has 1 aliphatic carbocycles. The van der Waals surface area contributed by atoms with E-state index < -0.39 is 0 Å². The Kier molecular flexibility index (Phi) is 5.48. The lowest BCUT2D eigenvalue weighted by Gasteiger charge is -2.06. The van der Waals surface area contributed by atoms with Gasteiger partial charge in [0.25, 0.3) is 0 Å². The first-order valence-electron chi connectivity index (χ1n) is 10.7. The molecule has 31 heavy (non-hydrogen) atoms. The third kappa shape index (κ3) is 4.22. The van der Waals surface area contributed by atoms with Crippen molar-refractivity contribution >= 4 is 17.5 Å². The van der Waals surface area contributed by atoms with Crippen LogP contribution in [0.4, 0.5) is 0 Å². The summed E-state index contributed by atoms with van der Waals surface area (Å²) in [6.07, 6.45) is 0. The summed E-state index contributed by atoms with van der Waals surface area (Å²) >= 11 is 1.73. The molecule has 1 fully saturated rings. The molecule has 2 heteroatoms. The second kappa shape index (κ2) is 8.56. The predicted molar refractivity (Wildman–Crippen MR) is 128 cm³/mol. The van der Waals surface area contributed by atoms with E-state index in [1.165, 1.54) is 21.6 Å². The van der Waals surface area contributed by atoms with E-state index in [1.54, 1.807) is 18.7 Å². The first-order valence-corrected chi connectivity index (χ1v) is 11.5. The fraction of sp³-hybridized carbons (Fsp3) is 0.138. The second-order valence-corrected chi connectivity index (χ2v) is 9.30. The molecule has 152 valence electrons. The molecule has 0 heterocycles. The Morgan fingerprint density at radius 1 is 0.548 bits per heavy atom. The van der Waals surface area contributed by atoms with E-state index in [0.29, 0.717) is 17.8 Å². The SMILES string of the molecule is CC(=O)c1ccc(Sc2ccc(C3C(c4ccccc4)C3c3ccccc3)cc2)cc1. The number of ketones is 1. The van der Waals surface area contributed by atoms with Crippen LogP contribution in [0.15, 0.2) is 119 Å². The van der Waals surface area contributed by atoms with E-state index in [9.17, 15) is 4.79 Å². The van der Waals surface area contributed by atoms with Gasteiger partial charge in [0.15, 0.2) is 5.78 Å². The van der Waals surface area contributed by atoms with Gasteiger partial charge < -0.3 is 0 Å². The van der Waals surface area contributed by atoms with E-state index in [0.717, 1.165) is 10.5 Å². The van der Waals surface area contributed by atoms with Gasteiger partial charge in [-0.3, -0.25) is 4.79 Å². The highest BCUT2D eigenvalue weighted by Crippen LogP contribution is 2.66. The van der Waals surface area contributed by atoms with Crippen molar-refractivity contribution in [1.29, 1.82) is 0 Å². The molecule has 0 N–H and O–H groups in total. The molecule has 2 atom stereocenters. The van der Waals surface area contributed by atoms with Gasteiger partial charge in [0.05, 0.1) is 0 Å². The minimum Gasteiger partial charge on any atom is -0.295 e. The number of hydrogen-bond acceptors (Lipinski definition) is 2. The first-order chi connectivity index (χ1) is 15.2. The summed E-state index contributed by atoms with van der Waals surface area (Å²) in [5.41, 5.74) is 5.00. The fourth-order valence-corrected chi connectivity index (χ4v) is 5.37. The second-order valence-electron chi connectivity index (χ2n) is 8.15. The van der Waals surface area contributed by atoms with E-state index in [2.05, 4.69) is 84.9 Å². The summed E-state index contributed by atoms with van der Waals surface area (Å²) in [4.78, 5) is 13.8. The van der Waals surface area contributed by atoms with Gasteiger partial charge in [-0.25, -0.2) is 0 Å². The van der Waals surface area contributed by atoms with Crippen molar-refractivity contribution < 1.29 is 4.79 Å². The van der Waals surface area contributed by atoms with Crippen LogP contribution >= 0.6 is 11.8 Å². The molecular formula is C29H24OS. The van der Waals surface area contributed by atoms with E-state index in [4.69, 9.17) is 0 Å². The summed E-state index contributed by atoms with van der Waals surface area (Å²) in [5.74, 6) is 1.67. The third-order valence-corrected chi connectivity index (χ3v) is 7.17. The maximum absolute atomic E-state index is 11.5. The van der Waals surface area contributed by atoms with Gasteiger partial charge in [-0.2, -0.15) is 0 Å². The van der Waals surface area contributed by atoms with E-state index in [1.807, 2.05) is 24.3 Å². The lowest BCUT2D eigenvalue weighted by molar-refractivity contribution is 0.101. The van der Waals surface area contributed by atoms with Crippen LogP contribution in [0.5, 0.6) is 0 Å². The molecule has 4 aromatic carbocycles. The summed E-state index contributed by atoms with van der Waals surface area (Å²) < 4.78 is 0. The zero-order chi connectivity index (χ0) is 21.2. The van der Waals surface area contributed by atoms with Crippen LogP contribution in [-0.2, 0) is 0 Å². The smallest absolute Gasteiger partial charge is 0.159 e. The van der Waals surface area contributed by atoms with Gasteiger partial charge in [-0.05, 0) is 65.6 Å². The average molecular weight is 421 g/mol. The van der Waals surface area contributed by atoms with Crippen LogP contribution in [0.3, 0.4) is 0 Å². The first kappa shape index (κ1) is 19.8. The summed E-state index contributed by atoms with van der Waals surface area (Å²) in [7, 11) is 0. The largest absolute Gasteiger partial charge is 0.295 e. The number of Topliss-reactive ketones (excluding diaryl/α,β-unsaturated/α-hetero) is 1. The topological polar surface area (TPSA) is 17.1 Å². The number of carbonyl (C=O) groups is 1. The Labute approximate surface area is 188 Å². The highest BCUT2D eigenvalue weighted by atomic mass is 32.2. The van der Waals surface area contributed by atoms with Crippen molar-refractivity contribution in [2.75, 3.05) is 0 Å². The minimum absolute atomic E-state index is 0.103. The van der Waals surface area contributed by atoms with Crippen molar-refractivity contribution in [3.63, 3.8) is 0 Å². The molecule has 4 aromatic rings. The highest BCUT2D eigenvalue weighted by Gasteiger charge is 2.52. The van der Waals surface area contributed by atoms with Crippen molar-refractivity contribution in [2.45, 2.75) is 34.5 Å². The third-order valence-electron chi connectivity index (χ3n) is 6.15. The Hall–Kier alpha value is -3.10. The molecule has 0 aliphatic heterocycles. The molecule has 5 rings (SSSR count). The van der Waals surface area contributed by atoms with Crippen LogP contribution < -0.4 is 0 Å². The van der Waals surface area contributed by atoms with Crippen LogP contribution in [-0.4, -0.2) is 5.78 Å². The molecule has 0 radical (unpaired) electrons. The predicted octanol–water partition coefficient (Wildman–Crippen LogP) is 7.71. The fourth-order valence-electron chi connectivity index (χ4n) is 4.56. The Bertz CT molecular complexity index is 1120. The van der Waals surface area contributed by atoms with Crippen LogP contribution in [0.2, 0.25) is 0 Å². The minimum atomic E-state index is 0.103. The maximum atomic E-state index is 11.5. The van der Waals surface area contributed by atoms with Gasteiger partial charge in [0, 0.05) is 15.4 Å². The number of hydrogen-bond donors (Lipinski definition) is 0. The van der Waals surface area contributed by atoms with Crippen molar-refractivity contribution in [3.8, 4) is 0 Å². The van der Waals surface area contributed by atoms with E-state index in [-0.39, 0.29) is 5.78 Å². The number of carbonyl (C=O) groups excluding carboxylic acids is 1. The average Bonchev–Trinajstić information content (AvgIpc) is 3.57. The molecule has 1 nitrogen and oxygen atoms in total. The lowest BCUT2D eigenvalue weighted by atomic mass is 10.0.